The van der Waals surface area contributed by atoms with Crippen LogP contribution in [0.4, 0.5) is 17.6 Å². The Kier molecular flexibility index (Phi) is 7.48. The molecule has 0 radical (unpaired) electrons. The van der Waals surface area contributed by atoms with Crippen molar-refractivity contribution >= 4 is 17.6 Å². The molecule has 0 aliphatic carbocycles. The lowest BCUT2D eigenvalue weighted by molar-refractivity contribution is -0.215. The standard InChI is InChI=1S/C21H16ClF4N3O6/c1-3-5-18(31)34-35-19-14(6-4-7-27-19)33-15-9-13(12(23)8-11(15)22)29-17(30)10-16(21(24,25)26)28(2)20(29)32/h4,6-10H,3,5H2,1-2H3. The van der Waals surface area contributed by atoms with E-state index in [1.807, 2.05) is 0 Å². The van der Waals surface area contributed by atoms with Crippen LogP contribution in [0.5, 0.6) is 17.4 Å². The van der Waals surface area contributed by atoms with Crippen molar-refractivity contribution in [3.8, 4) is 23.1 Å². The normalized spacial score (nSPS) is 11.3. The molecule has 0 saturated carbocycles. The summed E-state index contributed by atoms with van der Waals surface area (Å²) in [5, 5.41) is -0.319. The zero-order chi connectivity index (χ0) is 25.9. The summed E-state index contributed by atoms with van der Waals surface area (Å²) in [7, 11) is 0.783. The second kappa shape index (κ2) is 10.2. The third-order valence-corrected chi connectivity index (χ3v) is 4.77. The molecule has 0 fully saturated rings. The lowest BCUT2D eigenvalue weighted by Gasteiger charge is -2.16. The third kappa shape index (κ3) is 5.62. The van der Waals surface area contributed by atoms with Gasteiger partial charge in [-0.2, -0.15) is 13.2 Å². The van der Waals surface area contributed by atoms with Gasteiger partial charge in [-0.25, -0.2) is 28.4 Å². The molecule has 2 heterocycles. The molecule has 0 aliphatic rings. The van der Waals surface area contributed by atoms with Crippen LogP contribution in [0.25, 0.3) is 5.69 Å². The molecule has 14 heteroatoms. The molecule has 1 aromatic carbocycles. The molecule has 3 aromatic rings. The quantitative estimate of drug-likeness (QED) is 0.263. The van der Waals surface area contributed by atoms with Crippen LogP contribution in [0.2, 0.25) is 5.02 Å². The minimum Gasteiger partial charge on any atom is -0.450 e. The van der Waals surface area contributed by atoms with Gasteiger partial charge in [0, 0.05) is 31.8 Å². The second-order valence-corrected chi connectivity index (χ2v) is 7.38. The van der Waals surface area contributed by atoms with Gasteiger partial charge in [-0.3, -0.25) is 14.2 Å². The van der Waals surface area contributed by atoms with Crippen LogP contribution >= 0.6 is 11.6 Å². The van der Waals surface area contributed by atoms with E-state index in [2.05, 4.69) is 9.87 Å². The molecule has 35 heavy (non-hydrogen) atoms. The van der Waals surface area contributed by atoms with Crippen LogP contribution in [0.15, 0.2) is 46.1 Å². The molecule has 9 nitrogen and oxygen atoms in total. The number of carbonyl (C=O) groups excluding carboxylic acids is 1. The number of benzene rings is 1. The van der Waals surface area contributed by atoms with E-state index in [0.29, 0.717) is 12.5 Å². The number of alkyl halides is 3. The van der Waals surface area contributed by atoms with Crippen LogP contribution in [0.3, 0.4) is 0 Å². The van der Waals surface area contributed by atoms with Crippen molar-refractivity contribution in [1.82, 2.24) is 14.1 Å². The zero-order valence-electron chi connectivity index (χ0n) is 18.1. The van der Waals surface area contributed by atoms with Gasteiger partial charge in [0.1, 0.15) is 17.3 Å². The summed E-state index contributed by atoms with van der Waals surface area (Å²) in [6.07, 6.45) is -3.12. The summed E-state index contributed by atoms with van der Waals surface area (Å²) in [6, 6.07) is 4.46. The summed E-state index contributed by atoms with van der Waals surface area (Å²) in [4.78, 5) is 49.8. The average molecular weight is 518 g/mol. The minimum absolute atomic E-state index is 0.0764. The summed E-state index contributed by atoms with van der Waals surface area (Å²) in [6.45, 7) is 1.75. The van der Waals surface area contributed by atoms with Gasteiger partial charge in [0.25, 0.3) is 5.56 Å². The molecule has 0 spiro atoms. The molecule has 0 saturated heterocycles. The van der Waals surface area contributed by atoms with Gasteiger partial charge in [0.15, 0.2) is 5.75 Å². The van der Waals surface area contributed by atoms with E-state index in [-0.39, 0.29) is 44.0 Å². The second-order valence-electron chi connectivity index (χ2n) is 6.97. The number of pyridine rings is 1. The topological polar surface area (TPSA) is 102 Å². The summed E-state index contributed by atoms with van der Waals surface area (Å²) < 4.78 is 59.9. The molecule has 0 unspecified atom stereocenters. The average Bonchev–Trinajstić information content (AvgIpc) is 2.78. The van der Waals surface area contributed by atoms with Gasteiger partial charge in [-0.05, 0) is 24.6 Å². The SMILES string of the molecule is CCCC(=O)OOc1ncccc1Oc1cc(-n2c(=O)cc(C(F)(F)F)n(C)c2=O)c(F)cc1Cl. The van der Waals surface area contributed by atoms with Crippen molar-refractivity contribution < 1.29 is 36.9 Å². The first-order valence-corrected chi connectivity index (χ1v) is 10.2. The number of halogens is 5. The number of hydrogen-bond donors (Lipinski definition) is 0. The van der Waals surface area contributed by atoms with Crippen molar-refractivity contribution in [2.75, 3.05) is 0 Å². The number of nitrogens with zero attached hydrogens (tertiary/aromatic N) is 3. The van der Waals surface area contributed by atoms with Gasteiger partial charge in [0.05, 0.1) is 10.7 Å². The van der Waals surface area contributed by atoms with Crippen molar-refractivity contribution in [2.24, 2.45) is 7.05 Å². The van der Waals surface area contributed by atoms with Gasteiger partial charge in [0.2, 0.25) is 0 Å². The van der Waals surface area contributed by atoms with Crippen molar-refractivity contribution in [2.45, 2.75) is 25.9 Å². The first-order valence-electron chi connectivity index (χ1n) is 9.84. The molecule has 0 bridgehead atoms. The minimum atomic E-state index is -4.99. The summed E-state index contributed by atoms with van der Waals surface area (Å²) in [5.74, 6) is -2.62. The van der Waals surface area contributed by atoms with Gasteiger partial charge in [-0.1, -0.05) is 18.5 Å². The van der Waals surface area contributed by atoms with Gasteiger partial charge >= 0.3 is 23.7 Å². The number of ether oxygens (including phenoxy) is 1. The molecule has 186 valence electrons. The Labute approximate surface area is 199 Å². The summed E-state index contributed by atoms with van der Waals surface area (Å²) >= 11 is 6.02. The van der Waals surface area contributed by atoms with E-state index in [4.69, 9.17) is 21.2 Å². The smallest absolute Gasteiger partial charge is 0.431 e. The first-order chi connectivity index (χ1) is 16.4. The highest BCUT2D eigenvalue weighted by atomic mass is 35.5. The molecule has 0 aliphatic heterocycles. The Hall–Kier alpha value is -3.87. The van der Waals surface area contributed by atoms with Crippen LogP contribution in [0.1, 0.15) is 25.5 Å². The fourth-order valence-corrected chi connectivity index (χ4v) is 3.04. The van der Waals surface area contributed by atoms with Crippen molar-refractivity contribution in [3.63, 3.8) is 0 Å². The molecule has 0 atom stereocenters. The Bertz CT molecular complexity index is 1390. The monoisotopic (exact) mass is 517 g/mol. The predicted molar refractivity (Wildman–Crippen MR) is 113 cm³/mol. The largest absolute Gasteiger partial charge is 0.450 e. The number of rotatable bonds is 7. The van der Waals surface area contributed by atoms with Crippen molar-refractivity contribution in [3.05, 3.63) is 73.9 Å². The van der Waals surface area contributed by atoms with Gasteiger partial charge < -0.3 is 4.74 Å². The highest BCUT2D eigenvalue weighted by Crippen LogP contribution is 2.36. The third-order valence-electron chi connectivity index (χ3n) is 4.48. The lowest BCUT2D eigenvalue weighted by Crippen LogP contribution is -2.41. The predicted octanol–water partition coefficient (Wildman–Crippen LogP) is 4.17. The van der Waals surface area contributed by atoms with Crippen LogP contribution in [-0.2, 0) is 22.9 Å². The van der Waals surface area contributed by atoms with Crippen molar-refractivity contribution in [1.29, 1.82) is 0 Å². The molecule has 0 N–H and O–H groups in total. The Balaban J connectivity index is 2.05. The first kappa shape index (κ1) is 25.7. The maximum absolute atomic E-state index is 14.7. The van der Waals surface area contributed by atoms with E-state index in [0.717, 1.165) is 13.1 Å². The van der Waals surface area contributed by atoms with Crippen LogP contribution in [-0.4, -0.2) is 20.1 Å². The van der Waals surface area contributed by atoms with Crippen LogP contribution < -0.4 is 20.9 Å². The van der Waals surface area contributed by atoms with E-state index >= 15 is 0 Å². The summed E-state index contributed by atoms with van der Waals surface area (Å²) in [5.41, 5.74) is -5.11. The highest BCUT2D eigenvalue weighted by Gasteiger charge is 2.35. The van der Waals surface area contributed by atoms with E-state index in [1.165, 1.54) is 18.3 Å². The maximum atomic E-state index is 14.7. The molecule has 2 aromatic heterocycles. The number of carbonyl (C=O) groups is 1. The molecular formula is C21H16ClF4N3O6. The molecule has 0 amide bonds. The zero-order valence-corrected chi connectivity index (χ0v) is 18.8. The molecule has 3 rings (SSSR count). The number of aromatic nitrogens is 3. The Morgan fingerprint density at radius 1 is 1.17 bits per heavy atom. The fourth-order valence-electron chi connectivity index (χ4n) is 2.85. The Morgan fingerprint density at radius 3 is 2.54 bits per heavy atom. The Morgan fingerprint density at radius 2 is 1.89 bits per heavy atom. The van der Waals surface area contributed by atoms with E-state index in [9.17, 15) is 31.9 Å². The van der Waals surface area contributed by atoms with E-state index in [1.54, 1.807) is 6.92 Å². The fraction of sp³-hybridized carbons (Fsp3) is 0.238. The van der Waals surface area contributed by atoms with Gasteiger partial charge in [-0.15, -0.1) is 0 Å². The maximum Gasteiger partial charge on any atom is 0.431 e. The lowest BCUT2D eigenvalue weighted by atomic mass is 10.2. The van der Waals surface area contributed by atoms with E-state index < -0.39 is 40.6 Å². The number of hydrogen-bond acceptors (Lipinski definition) is 7. The van der Waals surface area contributed by atoms with Crippen LogP contribution in [0, 0.1) is 5.82 Å². The molecular weight excluding hydrogens is 502 g/mol. The highest BCUT2D eigenvalue weighted by molar-refractivity contribution is 6.32.